The molecule has 4 nitrogen and oxygen atoms in total. The number of benzene rings is 3. The van der Waals surface area contributed by atoms with E-state index in [9.17, 15) is 10.1 Å². The number of non-ortho nitro benzene ring substituents is 1. The number of aromatic amines is 1. The second-order valence-corrected chi connectivity index (χ2v) is 5.22. The summed E-state index contributed by atoms with van der Waals surface area (Å²) < 4.78 is 0. The van der Waals surface area contributed by atoms with Gasteiger partial charge in [-0.05, 0) is 34.5 Å². The lowest BCUT2D eigenvalue weighted by Gasteiger charge is -2.04. The van der Waals surface area contributed by atoms with Crippen LogP contribution in [0.2, 0.25) is 0 Å². The number of nitrogens with zero attached hydrogens (tertiary/aromatic N) is 1. The molecule has 0 aliphatic heterocycles. The average molecular weight is 288 g/mol. The highest BCUT2D eigenvalue weighted by molar-refractivity contribution is 6.13. The summed E-state index contributed by atoms with van der Waals surface area (Å²) in [7, 11) is 0. The van der Waals surface area contributed by atoms with E-state index in [0.29, 0.717) is 0 Å². The summed E-state index contributed by atoms with van der Waals surface area (Å²) in [6.45, 7) is 0. The molecule has 0 amide bonds. The maximum atomic E-state index is 10.8. The van der Waals surface area contributed by atoms with Crippen LogP contribution >= 0.6 is 0 Å². The van der Waals surface area contributed by atoms with E-state index in [2.05, 4.69) is 29.2 Å². The number of hydrogen-bond acceptors (Lipinski definition) is 2. The summed E-state index contributed by atoms with van der Waals surface area (Å²) in [6.07, 6.45) is 1.96. The van der Waals surface area contributed by atoms with Gasteiger partial charge in [-0.2, -0.15) is 0 Å². The molecule has 1 N–H and O–H groups in total. The van der Waals surface area contributed by atoms with Crippen molar-refractivity contribution >= 4 is 27.4 Å². The van der Waals surface area contributed by atoms with Crippen molar-refractivity contribution in [2.24, 2.45) is 0 Å². The minimum absolute atomic E-state index is 0.105. The summed E-state index contributed by atoms with van der Waals surface area (Å²) in [6, 6.07) is 19.0. The second-order valence-electron chi connectivity index (χ2n) is 5.22. The maximum absolute atomic E-state index is 10.8. The Morgan fingerprint density at radius 2 is 1.68 bits per heavy atom. The Kier molecular flexibility index (Phi) is 2.69. The van der Waals surface area contributed by atoms with E-state index in [-0.39, 0.29) is 10.6 Å². The van der Waals surface area contributed by atoms with Gasteiger partial charge in [0.25, 0.3) is 5.69 Å². The van der Waals surface area contributed by atoms with E-state index in [1.54, 1.807) is 24.3 Å². The Balaban J connectivity index is 1.98. The van der Waals surface area contributed by atoms with Gasteiger partial charge in [0.15, 0.2) is 0 Å². The van der Waals surface area contributed by atoms with Crippen molar-refractivity contribution in [2.75, 3.05) is 0 Å². The topological polar surface area (TPSA) is 58.9 Å². The fourth-order valence-corrected chi connectivity index (χ4v) is 2.89. The molecule has 0 fully saturated rings. The molecule has 4 aromatic rings. The predicted octanol–water partition coefficient (Wildman–Crippen LogP) is 4.90. The number of nitrogens with one attached hydrogen (secondary N) is 1. The van der Waals surface area contributed by atoms with Gasteiger partial charge in [-0.1, -0.05) is 30.3 Å². The molecule has 4 heteroatoms. The zero-order chi connectivity index (χ0) is 15.1. The van der Waals surface area contributed by atoms with Crippen LogP contribution in [0.1, 0.15) is 0 Å². The first-order valence-electron chi connectivity index (χ1n) is 6.98. The first-order valence-corrected chi connectivity index (χ1v) is 6.98. The Morgan fingerprint density at radius 3 is 2.45 bits per heavy atom. The van der Waals surface area contributed by atoms with E-state index >= 15 is 0 Å². The smallest absolute Gasteiger partial charge is 0.269 e. The lowest BCUT2D eigenvalue weighted by Crippen LogP contribution is -1.87. The lowest BCUT2D eigenvalue weighted by molar-refractivity contribution is -0.384. The van der Waals surface area contributed by atoms with E-state index in [1.807, 2.05) is 18.3 Å². The highest BCUT2D eigenvalue weighted by Crippen LogP contribution is 2.34. The normalized spacial score (nSPS) is 11.1. The number of hydrogen-bond donors (Lipinski definition) is 1. The molecule has 0 saturated heterocycles. The Hall–Kier alpha value is -3.14. The van der Waals surface area contributed by atoms with Gasteiger partial charge >= 0.3 is 0 Å². The number of rotatable bonds is 2. The first-order chi connectivity index (χ1) is 10.7. The third kappa shape index (κ3) is 1.85. The summed E-state index contributed by atoms with van der Waals surface area (Å²) in [5, 5.41) is 14.3. The van der Waals surface area contributed by atoms with Crippen molar-refractivity contribution < 1.29 is 4.92 Å². The maximum Gasteiger partial charge on any atom is 0.269 e. The van der Waals surface area contributed by atoms with Crippen molar-refractivity contribution in [2.45, 2.75) is 0 Å². The first kappa shape index (κ1) is 12.6. The van der Waals surface area contributed by atoms with Crippen LogP contribution in [0.3, 0.4) is 0 Å². The fourth-order valence-electron chi connectivity index (χ4n) is 2.89. The van der Waals surface area contributed by atoms with Crippen LogP contribution in [0, 0.1) is 10.1 Å². The number of fused-ring (bicyclic) bond motifs is 3. The highest BCUT2D eigenvalue weighted by Gasteiger charge is 2.11. The third-order valence-electron chi connectivity index (χ3n) is 3.96. The van der Waals surface area contributed by atoms with Crippen LogP contribution in [0.5, 0.6) is 0 Å². The Bertz CT molecular complexity index is 1000. The van der Waals surface area contributed by atoms with Crippen molar-refractivity contribution in [1.82, 2.24) is 4.98 Å². The number of nitro groups is 1. The molecule has 0 aliphatic carbocycles. The molecule has 1 heterocycles. The predicted molar refractivity (Wildman–Crippen MR) is 87.9 cm³/mol. The molecular weight excluding hydrogens is 276 g/mol. The van der Waals surface area contributed by atoms with E-state index in [1.165, 1.54) is 10.8 Å². The second kappa shape index (κ2) is 4.70. The van der Waals surface area contributed by atoms with E-state index in [4.69, 9.17) is 0 Å². The summed E-state index contributed by atoms with van der Waals surface area (Å²) in [4.78, 5) is 13.7. The molecule has 106 valence electrons. The Labute approximate surface area is 126 Å². The van der Waals surface area contributed by atoms with Gasteiger partial charge in [0.05, 0.1) is 4.92 Å². The van der Waals surface area contributed by atoms with Crippen molar-refractivity contribution in [1.29, 1.82) is 0 Å². The van der Waals surface area contributed by atoms with Gasteiger partial charge in [0, 0.05) is 34.8 Å². The van der Waals surface area contributed by atoms with Gasteiger partial charge in [-0.25, -0.2) is 0 Å². The molecule has 0 radical (unpaired) electrons. The monoisotopic (exact) mass is 288 g/mol. The molecule has 22 heavy (non-hydrogen) atoms. The highest BCUT2D eigenvalue weighted by atomic mass is 16.6. The fraction of sp³-hybridized carbons (Fsp3) is 0. The minimum atomic E-state index is -0.381. The summed E-state index contributed by atoms with van der Waals surface area (Å²) >= 11 is 0. The van der Waals surface area contributed by atoms with Gasteiger partial charge < -0.3 is 4.98 Å². The summed E-state index contributed by atoms with van der Waals surface area (Å²) in [5.74, 6) is 0. The quantitative estimate of drug-likeness (QED) is 0.421. The molecule has 0 aliphatic rings. The molecule has 0 atom stereocenters. The molecule has 1 aromatic heterocycles. The zero-order valence-electron chi connectivity index (χ0n) is 11.6. The van der Waals surface area contributed by atoms with Crippen LogP contribution < -0.4 is 0 Å². The molecular formula is C18H12N2O2. The molecule has 0 spiro atoms. The zero-order valence-corrected chi connectivity index (χ0v) is 11.6. The molecule has 0 unspecified atom stereocenters. The largest absolute Gasteiger partial charge is 0.361 e. The standard InChI is InChI=1S/C18H12N2O2/c21-20(22)14-8-5-13(6-9-14)16-11-19-17-10-7-12-3-1-2-4-15(12)18(16)17/h1-11,19H. The number of aromatic nitrogens is 1. The number of H-pyrrole nitrogens is 1. The van der Waals surface area contributed by atoms with Crippen LogP contribution in [0.15, 0.2) is 66.9 Å². The molecule has 0 saturated carbocycles. The van der Waals surface area contributed by atoms with Crippen molar-refractivity contribution in [3.8, 4) is 11.1 Å². The van der Waals surface area contributed by atoms with Gasteiger partial charge in [-0.15, -0.1) is 0 Å². The van der Waals surface area contributed by atoms with E-state index in [0.717, 1.165) is 22.0 Å². The summed E-state index contributed by atoms with van der Waals surface area (Å²) in [5.41, 5.74) is 3.19. The van der Waals surface area contributed by atoms with Crippen LogP contribution in [0.25, 0.3) is 32.8 Å². The molecule has 0 bridgehead atoms. The molecule has 4 rings (SSSR count). The third-order valence-corrected chi connectivity index (χ3v) is 3.96. The van der Waals surface area contributed by atoms with Gasteiger partial charge in [0.1, 0.15) is 0 Å². The SMILES string of the molecule is O=[N+]([O-])c1ccc(-c2c[nH]c3ccc4ccccc4c23)cc1. The van der Waals surface area contributed by atoms with Crippen molar-refractivity contribution in [3.05, 3.63) is 77.0 Å². The van der Waals surface area contributed by atoms with Gasteiger partial charge in [-0.3, -0.25) is 10.1 Å². The molecule has 3 aromatic carbocycles. The van der Waals surface area contributed by atoms with Crippen LogP contribution in [0.4, 0.5) is 5.69 Å². The number of nitro benzene ring substituents is 1. The van der Waals surface area contributed by atoms with Crippen LogP contribution in [-0.2, 0) is 0 Å². The van der Waals surface area contributed by atoms with Crippen LogP contribution in [-0.4, -0.2) is 9.91 Å². The lowest BCUT2D eigenvalue weighted by atomic mass is 9.99. The minimum Gasteiger partial charge on any atom is -0.361 e. The average Bonchev–Trinajstić information content (AvgIpc) is 2.99. The Morgan fingerprint density at radius 1 is 0.909 bits per heavy atom. The van der Waals surface area contributed by atoms with Crippen molar-refractivity contribution in [3.63, 3.8) is 0 Å². The van der Waals surface area contributed by atoms with Gasteiger partial charge in [0.2, 0.25) is 0 Å². The van der Waals surface area contributed by atoms with E-state index < -0.39 is 0 Å².